The molecule has 0 saturated carbocycles. The molecule has 0 atom stereocenters. The zero-order valence-corrected chi connectivity index (χ0v) is 18.2. The number of ether oxygens (including phenoxy) is 1. The van der Waals surface area contributed by atoms with Crippen LogP contribution in [0.2, 0.25) is 0 Å². The van der Waals surface area contributed by atoms with Crippen LogP contribution in [0.15, 0.2) is 47.4 Å². The van der Waals surface area contributed by atoms with Gasteiger partial charge in [0.25, 0.3) is 0 Å². The minimum Gasteiger partial charge on any atom is -0.497 e. The number of thiazole rings is 1. The average molecular weight is 429 g/mol. The average Bonchev–Trinajstić information content (AvgIpc) is 3.16. The summed E-state index contributed by atoms with van der Waals surface area (Å²) in [6, 6.07) is 13.6. The molecule has 0 unspecified atom stereocenters. The van der Waals surface area contributed by atoms with Crippen LogP contribution in [-0.4, -0.2) is 61.9 Å². The van der Waals surface area contributed by atoms with E-state index in [1.165, 1.54) is 11.8 Å². The third kappa shape index (κ3) is 5.01. The Morgan fingerprint density at radius 2 is 1.93 bits per heavy atom. The molecule has 0 radical (unpaired) electrons. The number of anilines is 2. The molecule has 1 aliphatic rings. The monoisotopic (exact) mass is 428 g/mol. The first-order chi connectivity index (χ1) is 14.1. The molecule has 1 N–H and O–H groups in total. The fourth-order valence-electron chi connectivity index (χ4n) is 3.14. The Kier molecular flexibility index (Phi) is 6.22. The summed E-state index contributed by atoms with van der Waals surface area (Å²) in [5.41, 5.74) is 1.79. The van der Waals surface area contributed by atoms with Crippen LogP contribution in [0, 0.1) is 0 Å². The SMILES string of the molecule is COc1ccc(SCC(=O)Nc2ccc3nc(N4CCN(C)CC4)sc3c2)cc1. The second kappa shape index (κ2) is 9.02. The van der Waals surface area contributed by atoms with Crippen molar-refractivity contribution in [1.29, 1.82) is 0 Å². The van der Waals surface area contributed by atoms with Crippen LogP contribution >= 0.6 is 23.1 Å². The molecule has 29 heavy (non-hydrogen) atoms. The van der Waals surface area contributed by atoms with E-state index in [1.54, 1.807) is 18.4 Å². The van der Waals surface area contributed by atoms with Gasteiger partial charge in [-0.1, -0.05) is 11.3 Å². The number of amides is 1. The molecule has 152 valence electrons. The number of aromatic nitrogens is 1. The number of carbonyl (C=O) groups excluding carboxylic acids is 1. The van der Waals surface area contributed by atoms with Crippen LogP contribution in [0.3, 0.4) is 0 Å². The first-order valence-electron chi connectivity index (χ1n) is 9.51. The molecule has 6 nitrogen and oxygen atoms in total. The van der Waals surface area contributed by atoms with E-state index in [0.717, 1.165) is 57.9 Å². The van der Waals surface area contributed by atoms with E-state index in [2.05, 4.69) is 22.2 Å². The standard InChI is InChI=1S/C21H24N4O2S2/c1-24-9-11-25(12-10-24)21-23-18-8-3-15(13-19(18)29-21)22-20(26)14-28-17-6-4-16(27-2)5-7-17/h3-8,13H,9-12,14H2,1-2H3,(H,22,26). The summed E-state index contributed by atoms with van der Waals surface area (Å²) in [4.78, 5) is 22.8. The Morgan fingerprint density at radius 1 is 1.17 bits per heavy atom. The van der Waals surface area contributed by atoms with Gasteiger partial charge in [-0.25, -0.2) is 4.98 Å². The second-order valence-electron chi connectivity index (χ2n) is 6.98. The number of thioether (sulfide) groups is 1. The maximum atomic E-state index is 12.3. The largest absolute Gasteiger partial charge is 0.497 e. The second-order valence-corrected chi connectivity index (χ2v) is 9.04. The predicted octanol–water partition coefficient (Wildman–Crippen LogP) is 3.79. The summed E-state index contributed by atoms with van der Waals surface area (Å²) < 4.78 is 6.25. The number of carbonyl (C=O) groups is 1. The molecule has 0 spiro atoms. The van der Waals surface area contributed by atoms with E-state index in [1.807, 2.05) is 42.5 Å². The van der Waals surface area contributed by atoms with Crippen molar-refractivity contribution in [3.05, 3.63) is 42.5 Å². The number of hydrogen-bond acceptors (Lipinski definition) is 7. The van der Waals surface area contributed by atoms with Crippen LogP contribution in [0.4, 0.5) is 10.8 Å². The lowest BCUT2D eigenvalue weighted by Crippen LogP contribution is -2.44. The van der Waals surface area contributed by atoms with Gasteiger partial charge in [0.05, 0.1) is 23.1 Å². The first-order valence-corrected chi connectivity index (χ1v) is 11.3. The molecule has 8 heteroatoms. The van der Waals surface area contributed by atoms with Crippen molar-refractivity contribution in [2.75, 3.05) is 56.3 Å². The molecular formula is C21H24N4O2S2. The summed E-state index contributed by atoms with van der Waals surface area (Å²) in [6.45, 7) is 4.12. The molecule has 1 fully saturated rings. The Bertz CT molecular complexity index is 982. The molecule has 1 saturated heterocycles. The lowest BCUT2D eigenvalue weighted by atomic mass is 10.3. The van der Waals surface area contributed by atoms with Gasteiger partial charge in [-0.3, -0.25) is 4.79 Å². The summed E-state index contributed by atoms with van der Waals surface area (Å²) in [7, 11) is 3.79. The lowest BCUT2D eigenvalue weighted by Gasteiger charge is -2.31. The topological polar surface area (TPSA) is 57.7 Å². The van der Waals surface area contributed by atoms with Crippen molar-refractivity contribution in [3.63, 3.8) is 0 Å². The maximum absolute atomic E-state index is 12.3. The number of methoxy groups -OCH3 is 1. The van der Waals surface area contributed by atoms with Crippen LogP contribution in [0.5, 0.6) is 5.75 Å². The van der Waals surface area contributed by atoms with Gasteiger partial charge in [0.2, 0.25) is 5.91 Å². The Labute approximate surface area is 178 Å². The molecule has 0 bridgehead atoms. The third-order valence-electron chi connectivity index (χ3n) is 4.86. The summed E-state index contributed by atoms with van der Waals surface area (Å²) in [6.07, 6.45) is 0. The Balaban J connectivity index is 1.36. The molecule has 1 aliphatic heterocycles. The van der Waals surface area contributed by atoms with Crippen LogP contribution in [0.1, 0.15) is 0 Å². The van der Waals surface area contributed by atoms with E-state index < -0.39 is 0 Å². The molecule has 1 aromatic heterocycles. The summed E-state index contributed by atoms with van der Waals surface area (Å²) in [5, 5.41) is 4.06. The van der Waals surface area contributed by atoms with E-state index in [-0.39, 0.29) is 5.91 Å². The highest BCUT2D eigenvalue weighted by molar-refractivity contribution is 8.00. The Hall–Kier alpha value is -2.29. The smallest absolute Gasteiger partial charge is 0.234 e. The number of rotatable bonds is 6. The van der Waals surface area contributed by atoms with Crippen molar-refractivity contribution < 1.29 is 9.53 Å². The van der Waals surface area contributed by atoms with Crippen LogP contribution in [-0.2, 0) is 4.79 Å². The number of likely N-dealkylation sites (N-methyl/N-ethyl adjacent to an activating group) is 1. The zero-order chi connectivity index (χ0) is 20.2. The highest BCUT2D eigenvalue weighted by Crippen LogP contribution is 2.31. The first kappa shape index (κ1) is 20.0. The van der Waals surface area contributed by atoms with Gasteiger partial charge in [-0.05, 0) is 49.5 Å². The minimum atomic E-state index is -0.0195. The van der Waals surface area contributed by atoms with Crippen molar-refractivity contribution in [1.82, 2.24) is 9.88 Å². The molecular weight excluding hydrogens is 404 g/mol. The molecule has 1 amide bonds. The number of piperazine rings is 1. The highest BCUT2D eigenvalue weighted by atomic mass is 32.2. The molecule has 3 aromatic rings. The quantitative estimate of drug-likeness (QED) is 0.603. The van der Waals surface area contributed by atoms with E-state index in [0.29, 0.717) is 5.75 Å². The fraction of sp³-hybridized carbons (Fsp3) is 0.333. The van der Waals surface area contributed by atoms with Crippen molar-refractivity contribution in [3.8, 4) is 5.75 Å². The Morgan fingerprint density at radius 3 is 2.66 bits per heavy atom. The van der Waals surface area contributed by atoms with E-state index in [4.69, 9.17) is 9.72 Å². The normalized spacial score (nSPS) is 14.9. The van der Waals surface area contributed by atoms with Gasteiger partial charge in [0, 0.05) is 36.8 Å². The summed E-state index contributed by atoms with van der Waals surface area (Å²) in [5.74, 6) is 1.15. The number of nitrogens with zero attached hydrogens (tertiary/aromatic N) is 3. The predicted molar refractivity (Wildman–Crippen MR) is 122 cm³/mol. The number of fused-ring (bicyclic) bond motifs is 1. The van der Waals surface area contributed by atoms with Crippen molar-refractivity contribution in [2.45, 2.75) is 4.90 Å². The van der Waals surface area contributed by atoms with Gasteiger partial charge in [0.15, 0.2) is 5.13 Å². The number of hydrogen-bond donors (Lipinski definition) is 1. The van der Waals surface area contributed by atoms with Gasteiger partial charge >= 0.3 is 0 Å². The van der Waals surface area contributed by atoms with Crippen molar-refractivity contribution >= 4 is 50.0 Å². The fourth-order valence-corrected chi connectivity index (χ4v) is 4.90. The molecule has 4 rings (SSSR count). The third-order valence-corrected chi connectivity index (χ3v) is 6.96. The van der Waals surface area contributed by atoms with Crippen LogP contribution < -0.4 is 15.0 Å². The molecule has 2 heterocycles. The number of nitrogens with one attached hydrogen (secondary N) is 1. The molecule has 2 aromatic carbocycles. The van der Waals surface area contributed by atoms with Crippen molar-refractivity contribution in [2.24, 2.45) is 0 Å². The van der Waals surface area contributed by atoms with E-state index in [9.17, 15) is 4.79 Å². The molecule has 0 aliphatic carbocycles. The van der Waals surface area contributed by atoms with E-state index >= 15 is 0 Å². The minimum absolute atomic E-state index is 0.0195. The summed E-state index contributed by atoms with van der Waals surface area (Å²) >= 11 is 3.19. The lowest BCUT2D eigenvalue weighted by molar-refractivity contribution is -0.113. The van der Waals surface area contributed by atoms with Crippen LogP contribution in [0.25, 0.3) is 10.2 Å². The zero-order valence-electron chi connectivity index (χ0n) is 16.6. The number of benzene rings is 2. The van der Waals surface area contributed by atoms with Gasteiger partial charge < -0.3 is 19.9 Å². The van der Waals surface area contributed by atoms with Gasteiger partial charge in [0.1, 0.15) is 5.75 Å². The van der Waals surface area contributed by atoms with Gasteiger partial charge in [-0.2, -0.15) is 0 Å². The highest BCUT2D eigenvalue weighted by Gasteiger charge is 2.17. The maximum Gasteiger partial charge on any atom is 0.234 e. The van der Waals surface area contributed by atoms with Gasteiger partial charge in [-0.15, -0.1) is 11.8 Å².